The Morgan fingerprint density at radius 1 is 1.11 bits per heavy atom. The molecule has 1 atom stereocenters. The minimum absolute atomic E-state index is 0.00698. The fourth-order valence-electron chi connectivity index (χ4n) is 2.92. The minimum atomic E-state index is -3.35. The number of amides is 1. The molecule has 0 aromatic heterocycles. The lowest BCUT2D eigenvalue weighted by Crippen LogP contribution is -2.39. The van der Waals surface area contributed by atoms with Crippen molar-refractivity contribution in [3.8, 4) is 0 Å². The van der Waals surface area contributed by atoms with E-state index in [1.807, 2.05) is 49.4 Å². The van der Waals surface area contributed by atoms with Crippen LogP contribution in [-0.4, -0.2) is 25.1 Å². The fourth-order valence-corrected chi connectivity index (χ4v) is 3.55. The van der Waals surface area contributed by atoms with Crippen LogP contribution >= 0.6 is 0 Å². The van der Waals surface area contributed by atoms with Crippen molar-refractivity contribution < 1.29 is 13.2 Å². The Kier molecular flexibility index (Phi) is 5.51. The van der Waals surface area contributed by atoms with E-state index in [4.69, 9.17) is 0 Å². The standard InChI is InChI=1S/C20H23N3O3S/c1-3-20(24)23-19(15-9-6-5-7-10-15)14-18(21-23)16-11-8-12-17(13-16)22-27(25,26)4-2/h5-14,19,21-22H,3-4H2,1-2H3. The highest BCUT2D eigenvalue weighted by molar-refractivity contribution is 7.92. The van der Waals surface area contributed by atoms with Gasteiger partial charge in [0.25, 0.3) is 0 Å². The third-order valence-electron chi connectivity index (χ3n) is 4.38. The molecule has 2 aromatic rings. The smallest absolute Gasteiger partial charge is 0.241 e. The number of anilines is 1. The molecule has 142 valence electrons. The zero-order chi connectivity index (χ0) is 19.4. The first kappa shape index (κ1) is 19.0. The van der Waals surface area contributed by atoms with E-state index in [9.17, 15) is 13.2 Å². The fraction of sp³-hybridized carbons (Fsp3) is 0.250. The van der Waals surface area contributed by atoms with Crippen LogP contribution in [0.3, 0.4) is 0 Å². The van der Waals surface area contributed by atoms with Gasteiger partial charge >= 0.3 is 0 Å². The number of nitrogens with one attached hydrogen (secondary N) is 2. The van der Waals surface area contributed by atoms with E-state index in [2.05, 4.69) is 10.1 Å². The Morgan fingerprint density at radius 2 is 1.85 bits per heavy atom. The van der Waals surface area contributed by atoms with Gasteiger partial charge in [0.2, 0.25) is 15.9 Å². The van der Waals surface area contributed by atoms with E-state index in [0.717, 1.165) is 16.8 Å². The molecule has 2 N–H and O–H groups in total. The molecule has 27 heavy (non-hydrogen) atoms. The van der Waals surface area contributed by atoms with Gasteiger partial charge in [-0.15, -0.1) is 0 Å². The van der Waals surface area contributed by atoms with E-state index in [1.165, 1.54) is 0 Å². The Bertz CT molecular complexity index is 955. The second-order valence-electron chi connectivity index (χ2n) is 6.25. The molecule has 1 heterocycles. The highest BCUT2D eigenvalue weighted by Gasteiger charge is 2.29. The van der Waals surface area contributed by atoms with Gasteiger partial charge in [-0.2, -0.15) is 0 Å². The number of benzene rings is 2. The highest BCUT2D eigenvalue weighted by atomic mass is 32.2. The molecule has 0 radical (unpaired) electrons. The van der Waals surface area contributed by atoms with Gasteiger partial charge in [0.05, 0.1) is 17.5 Å². The van der Waals surface area contributed by atoms with Gasteiger partial charge in [-0.3, -0.25) is 14.9 Å². The minimum Gasteiger partial charge on any atom is -0.295 e. The van der Waals surface area contributed by atoms with Gasteiger partial charge in [0.15, 0.2) is 0 Å². The summed E-state index contributed by atoms with van der Waals surface area (Å²) >= 11 is 0. The lowest BCUT2D eigenvalue weighted by atomic mass is 10.0. The maximum absolute atomic E-state index is 12.4. The first-order valence-corrected chi connectivity index (χ1v) is 10.5. The predicted molar refractivity (Wildman–Crippen MR) is 107 cm³/mol. The summed E-state index contributed by atoms with van der Waals surface area (Å²) < 4.78 is 26.2. The van der Waals surface area contributed by atoms with E-state index >= 15 is 0 Å². The van der Waals surface area contributed by atoms with Crippen molar-refractivity contribution in [2.24, 2.45) is 0 Å². The molecular weight excluding hydrogens is 362 g/mol. The second-order valence-corrected chi connectivity index (χ2v) is 8.26. The van der Waals surface area contributed by atoms with Gasteiger partial charge in [0.1, 0.15) is 0 Å². The van der Waals surface area contributed by atoms with Crippen LogP contribution in [0.1, 0.15) is 37.4 Å². The number of hydrogen-bond donors (Lipinski definition) is 2. The van der Waals surface area contributed by atoms with Crippen LogP contribution in [0.25, 0.3) is 5.70 Å². The van der Waals surface area contributed by atoms with Crippen LogP contribution in [0.4, 0.5) is 5.69 Å². The van der Waals surface area contributed by atoms with Gasteiger partial charge in [-0.1, -0.05) is 49.4 Å². The zero-order valence-electron chi connectivity index (χ0n) is 15.3. The van der Waals surface area contributed by atoms with Crippen molar-refractivity contribution in [1.82, 2.24) is 10.4 Å². The maximum Gasteiger partial charge on any atom is 0.241 e. The molecule has 6 nitrogen and oxygen atoms in total. The number of carbonyl (C=O) groups excluding carboxylic acids is 1. The van der Waals surface area contributed by atoms with Crippen molar-refractivity contribution in [3.05, 3.63) is 71.8 Å². The van der Waals surface area contributed by atoms with Gasteiger partial charge in [-0.25, -0.2) is 13.4 Å². The van der Waals surface area contributed by atoms with Gasteiger partial charge in [0, 0.05) is 17.7 Å². The summed E-state index contributed by atoms with van der Waals surface area (Å²) in [4.78, 5) is 12.4. The van der Waals surface area contributed by atoms with Crippen LogP contribution in [0.2, 0.25) is 0 Å². The summed E-state index contributed by atoms with van der Waals surface area (Å²) in [5.74, 6) is -0.00881. The number of rotatable bonds is 6. The maximum atomic E-state index is 12.4. The van der Waals surface area contributed by atoms with Crippen molar-refractivity contribution in [2.75, 3.05) is 10.5 Å². The number of hydrogen-bond acceptors (Lipinski definition) is 4. The van der Waals surface area contributed by atoms with Crippen molar-refractivity contribution in [3.63, 3.8) is 0 Å². The Balaban J connectivity index is 1.93. The van der Waals surface area contributed by atoms with Crippen LogP contribution < -0.4 is 10.1 Å². The predicted octanol–water partition coefficient (Wildman–Crippen LogP) is 3.29. The molecule has 0 aliphatic carbocycles. The van der Waals surface area contributed by atoms with Crippen LogP contribution in [0, 0.1) is 0 Å². The second kappa shape index (κ2) is 7.84. The largest absolute Gasteiger partial charge is 0.295 e. The van der Waals surface area contributed by atoms with Crippen molar-refractivity contribution in [2.45, 2.75) is 26.3 Å². The Morgan fingerprint density at radius 3 is 2.52 bits per heavy atom. The summed E-state index contributed by atoms with van der Waals surface area (Å²) in [5, 5.41) is 1.62. The number of nitrogens with zero attached hydrogens (tertiary/aromatic N) is 1. The third kappa shape index (κ3) is 4.31. The van der Waals surface area contributed by atoms with E-state index in [1.54, 1.807) is 30.1 Å². The SMILES string of the molecule is CCC(=O)N1NC(c2cccc(NS(=O)(=O)CC)c2)=CC1c1ccccc1. The van der Waals surface area contributed by atoms with Crippen LogP contribution in [0.15, 0.2) is 60.7 Å². The molecule has 7 heteroatoms. The topological polar surface area (TPSA) is 78.5 Å². The van der Waals surface area contributed by atoms with Gasteiger partial charge in [-0.05, 0) is 30.7 Å². The average molecular weight is 385 g/mol. The first-order valence-electron chi connectivity index (χ1n) is 8.90. The summed E-state index contributed by atoms with van der Waals surface area (Å²) in [6.07, 6.45) is 2.37. The van der Waals surface area contributed by atoms with Crippen molar-refractivity contribution >= 4 is 27.3 Å². The molecule has 0 fully saturated rings. The van der Waals surface area contributed by atoms with E-state index in [-0.39, 0.29) is 17.7 Å². The number of hydrazine groups is 1. The quantitative estimate of drug-likeness (QED) is 0.800. The molecular formula is C20H23N3O3S. The van der Waals surface area contributed by atoms with Crippen LogP contribution in [-0.2, 0) is 14.8 Å². The first-order chi connectivity index (χ1) is 12.9. The molecule has 0 bridgehead atoms. The van der Waals surface area contributed by atoms with Gasteiger partial charge < -0.3 is 0 Å². The molecule has 1 aliphatic heterocycles. The summed E-state index contributed by atoms with van der Waals surface area (Å²) in [5.41, 5.74) is 6.25. The average Bonchev–Trinajstić information content (AvgIpc) is 3.13. The molecule has 1 unspecified atom stereocenters. The summed E-state index contributed by atoms with van der Waals surface area (Å²) in [7, 11) is -3.35. The Labute approximate surface area is 159 Å². The molecule has 2 aromatic carbocycles. The summed E-state index contributed by atoms with van der Waals surface area (Å²) in [6.45, 7) is 3.41. The van der Waals surface area contributed by atoms with E-state index < -0.39 is 10.0 Å². The lowest BCUT2D eigenvalue weighted by molar-refractivity contribution is -0.134. The third-order valence-corrected chi connectivity index (χ3v) is 5.69. The van der Waals surface area contributed by atoms with Crippen molar-refractivity contribution in [1.29, 1.82) is 0 Å². The number of sulfonamides is 1. The molecule has 0 saturated carbocycles. The zero-order valence-corrected chi connectivity index (χ0v) is 16.2. The van der Waals surface area contributed by atoms with E-state index in [0.29, 0.717) is 12.1 Å². The lowest BCUT2D eigenvalue weighted by Gasteiger charge is -2.25. The number of carbonyl (C=O) groups is 1. The Hall–Kier alpha value is -2.80. The molecule has 1 aliphatic rings. The van der Waals surface area contributed by atoms with Crippen LogP contribution in [0.5, 0.6) is 0 Å². The highest BCUT2D eigenvalue weighted by Crippen LogP contribution is 2.32. The molecule has 0 saturated heterocycles. The molecule has 0 spiro atoms. The molecule has 1 amide bonds. The molecule has 3 rings (SSSR count). The summed E-state index contributed by atoms with van der Waals surface area (Å²) in [6, 6.07) is 16.7. The normalized spacial score (nSPS) is 16.6. The monoisotopic (exact) mass is 385 g/mol.